The van der Waals surface area contributed by atoms with Crippen LogP contribution >= 0.6 is 0 Å². The van der Waals surface area contributed by atoms with Gasteiger partial charge in [-0.05, 0) is 13.3 Å². The van der Waals surface area contributed by atoms with Crippen LogP contribution in [-0.2, 0) is 14.9 Å². The van der Waals surface area contributed by atoms with Crippen molar-refractivity contribution in [3.05, 3.63) is 11.6 Å². The predicted octanol–water partition coefficient (Wildman–Crippen LogP) is -2.59. The molecule has 0 aromatic rings. The molecule has 72 valence electrons. The summed E-state index contributed by atoms with van der Waals surface area (Å²) in [6.45, 7) is 1.35. The number of carbonyl (C=O) groups is 1. The molecule has 0 unspecified atom stereocenters. The molecule has 0 radical (unpaired) electrons. The van der Waals surface area contributed by atoms with Gasteiger partial charge in [0.25, 0.3) is 10.1 Å². The number of rotatable bonds is 4. The molecule has 0 aliphatic rings. The molecule has 5 nitrogen and oxygen atoms in total. The van der Waals surface area contributed by atoms with Gasteiger partial charge in [0.15, 0.2) is 0 Å². The van der Waals surface area contributed by atoms with Gasteiger partial charge in [-0.15, -0.1) is 0 Å². The zero-order chi connectivity index (χ0) is 9.78. The fourth-order valence-corrected chi connectivity index (χ4v) is 0.927. The first-order valence-electron chi connectivity index (χ1n) is 3.18. The molecule has 0 aliphatic heterocycles. The molecule has 2 N–H and O–H groups in total. The van der Waals surface area contributed by atoms with E-state index in [0.717, 1.165) is 0 Å². The third-order valence-electron chi connectivity index (χ3n) is 1.16. The zero-order valence-electron chi connectivity index (χ0n) is 8.52. The van der Waals surface area contributed by atoms with Crippen LogP contribution in [0.25, 0.3) is 0 Å². The maximum Gasteiger partial charge on any atom is 1.00 e. The molecular weight excluding hydrogens is 223 g/mol. The van der Waals surface area contributed by atoms with E-state index in [-0.39, 0.29) is 64.8 Å². The van der Waals surface area contributed by atoms with Crippen molar-refractivity contribution in [2.75, 3.05) is 5.75 Å². The van der Waals surface area contributed by atoms with Crippen molar-refractivity contribution < 1.29 is 75.7 Å². The van der Waals surface area contributed by atoms with Crippen molar-refractivity contribution in [3.8, 4) is 0 Å². The normalized spacial score (nSPS) is 12.0. The van der Waals surface area contributed by atoms with E-state index >= 15 is 0 Å². The fraction of sp³-hybridized carbons (Fsp3) is 0.500. The molecule has 0 aliphatic carbocycles. The minimum absolute atomic E-state index is 0. The summed E-state index contributed by atoms with van der Waals surface area (Å²) in [5.41, 5.74) is 0.0682. The van der Waals surface area contributed by atoms with Crippen molar-refractivity contribution in [2.45, 2.75) is 13.3 Å². The first-order chi connectivity index (χ1) is 5.33. The van der Waals surface area contributed by atoms with Crippen LogP contribution < -0.4 is 51.4 Å². The average molecular weight is 234 g/mol. The molecule has 0 fully saturated rings. The largest absolute Gasteiger partial charge is 1.00 e. The number of aliphatic carboxylic acids is 1. The molecule has 0 atom stereocenters. The predicted molar refractivity (Wildman–Crippen MR) is 43.5 cm³/mol. The Morgan fingerprint density at radius 1 is 1.54 bits per heavy atom. The zero-order valence-corrected chi connectivity index (χ0v) is 11.5. The van der Waals surface area contributed by atoms with Gasteiger partial charge in [0.05, 0.1) is 5.75 Å². The van der Waals surface area contributed by atoms with E-state index in [1.807, 2.05) is 0 Å². The second-order valence-corrected chi connectivity index (χ2v) is 3.84. The first kappa shape index (κ1) is 16.2. The van der Waals surface area contributed by atoms with Crippen LogP contribution in [0.5, 0.6) is 0 Å². The topological polar surface area (TPSA) is 91.7 Å². The van der Waals surface area contributed by atoms with Crippen molar-refractivity contribution in [2.24, 2.45) is 0 Å². The van der Waals surface area contributed by atoms with Crippen LogP contribution in [0.15, 0.2) is 11.6 Å². The number of hydrogen-bond acceptors (Lipinski definition) is 3. The summed E-state index contributed by atoms with van der Waals surface area (Å²) in [6.07, 6.45) is 1.26. The van der Waals surface area contributed by atoms with Gasteiger partial charge in [-0.1, -0.05) is 6.08 Å². The van der Waals surface area contributed by atoms with Gasteiger partial charge in [-0.25, -0.2) is 4.79 Å². The van der Waals surface area contributed by atoms with Crippen LogP contribution in [0.3, 0.4) is 0 Å². The van der Waals surface area contributed by atoms with Crippen molar-refractivity contribution >= 4 is 16.1 Å². The van der Waals surface area contributed by atoms with Gasteiger partial charge < -0.3 is 6.53 Å². The van der Waals surface area contributed by atoms with E-state index in [1.165, 1.54) is 13.0 Å². The molecule has 0 saturated heterocycles. The number of hydrogen-bond donors (Lipinski definition) is 2. The van der Waals surface area contributed by atoms with Gasteiger partial charge in [-0.2, -0.15) is 8.42 Å². The minimum atomic E-state index is -3.98. The van der Waals surface area contributed by atoms with E-state index in [9.17, 15) is 13.2 Å². The Kier molecular flexibility index (Phi) is 8.85. The molecule has 0 spiro atoms. The monoisotopic (exact) mass is 234 g/mol. The maximum absolute atomic E-state index is 10.2. The van der Waals surface area contributed by atoms with Crippen LogP contribution in [0, 0.1) is 0 Å². The summed E-state index contributed by atoms with van der Waals surface area (Å²) >= 11 is 0. The molecule has 13 heavy (non-hydrogen) atoms. The van der Waals surface area contributed by atoms with Gasteiger partial charge in [0.2, 0.25) is 0 Å². The summed E-state index contributed by atoms with van der Waals surface area (Å²) in [6, 6.07) is 0. The van der Waals surface area contributed by atoms with Crippen LogP contribution in [0.1, 0.15) is 14.8 Å². The van der Waals surface area contributed by atoms with E-state index < -0.39 is 21.8 Å². The van der Waals surface area contributed by atoms with Crippen LogP contribution in [0.4, 0.5) is 0 Å². The molecule has 0 aromatic heterocycles. The molecule has 0 heterocycles. The first-order valence-corrected chi connectivity index (χ1v) is 4.79. The Bertz CT molecular complexity index is 297. The van der Waals surface area contributed by atoms with Crippen molar-refractivity contribution in [1.29, 1.82) is 0 Å². The molecular formula is C6H11KO5S. The van der Waals surface area contributed by atoms with E-state index in [4.69, 9.17) is 9.66 Å². The summed E-state index contributed by atoms with van der Waals surface area (Å²) in [5.74, 6) is -1.54. The van der Waals surface area contributed by atoms with Crippen LogP contribution in [-0.4, -0.2) is 29.8 Å². The number of carboxylic acids is 1. The summed E-state index contributed by atoms with van der Waals surface area (Å²) in [5, 5.41) is 8.33. The third kappa shape index (κ3) is 10.7. The summed E-state index contributed by atoms with van der Waals surface area (Å²) in [7, 11) is -3.98. The van der Waals surface area contributed by atoms with Gasteiger partial charge in [0, 0.05) is 5.57 Å². The molecule has 0 amide bonds. The Morgan fingerprint density at radius 3 is 2.31 bits per heavy atom. The Hall–Kier alpha value is 0.756. The van der Waals surface area contributed by atoms with E-state index in [0.29, 0.717) is 0 Å². The molecule has 0 saturated carbocycles. The Morgan fingerprint density at radius 2 is 2.00 bits per heavy atom. The SMILES string of the molecule is C/C(=C\CCS(=O)(=O)O)C(=O)O.[H-].[K+]. The summed E-state index contributed by atoms with van der Waals surface area (Å²) < 4.78 is 28.6. The second kappa shape index (κ2) is 7.10. The van der Waals surface area contributed by atoms with Gasteiger partial charge >= 0.3 is 57.4 Å². The number of carboxylic acid groups (broad SMARTS) is 1. The van der Waals surface area contributed by atoms with E-state index in [2.05, 4.69) is 0 Å². The molecule has 0 bridgehead atoms. The Balaban J connectivity index is -0.000000605. The second-order valence-electron chi connectivity index (χ2n) is 2.27. The van der Waals surface area contributed by atoms with Gasteiger partial charge in [0.1, 0.15) is 0 Å². The van der Waals surface area contributed by atoms with Crippen molar-refractivity contribution in [1.82, 2.24) is 0 Å². The minimum Gasteiger partial charge on any atom is -1.00 e. The summed E-state index contributed by atoms with van der Waals surface area (Å²) in [4.78, 5) is 10.2. The van der Waals surface area contributed by atoms with Crippen LogP contribution in [0.2, 0.25) is 0 Å². The third-order valence-corrected chi connectivity index (χ3v) is 1.92. The standard InChI is InChI=1S/C6H10O5S.K.H/c1-5(6(7)8)3-2-4-12(9,10)11;;/h3H,2,4H2,1H3,(H,7,8)(H,9,10,11);;/q;+1;-1/b5-3+;;. The smallest absolute Gasteiger partial charge is 1.00 e. The number of allylic oxidation sites excluding steroid dienone is 1. The van der Waals surface area contributed by atoms with Gasteiger partial charge in [-0.3, -0.25) is 4.55 Å². The average Bonchev–Trinajstić information content (AvgIpc) is 1.84. The molecule has 7 heteroatoms. The maximum atomic E-state index is 10.2. The van der Waals surface area contributed by atoms with Crippen molar-refractivity contribution in [3.63, 3.8) is 0 Å². The quantitative estimate of drug-likeness (QED) is 0.316. The van der Waals surface area contributed by atoms with E-state index in [1.54, 1.807) is 0 Å². The Labute approximate surface area is 121 Å². The molecule has 0 aromatic carbocycles. The molecule has 0 rings (SSSR count). The fourth-order valence-electron chi connectivity index (χ4n) is 0.512.